The molecule has 0 radical (unpaired) electrons. The van der Waals surface area contributed by atoms with Gasteiger partial charge in [0.05, 0.1) is 12.5 Å². The van der Waals surface area contributed by atoms with Crippen molar-refractivity contribution in [1.82, 2.24) is 9.80 Å². The maximum absolute atomic E-state index is 12.9. The van der Waals surface area contributed by atoms with Crippen molar-refractivity contribution in [1.29, 1.82) is 0 Å². The molecule has 6 heteroatoms. The average Bonchev–Trinajstić information content (AvgIpc) is 2.63. The number of hydrogen-bond donors (Lipinski definition) is 0. The molecule has 0 aromatic heterocycles. The summed E-state index contributed by atoms with van der Waals surface area (Å²) in [5.41, 5.74) is 2.82. The number of fused-ring (bicyclic) bond motifs is 1. The van der Waals surface area contributed by atoms with Crippen LogP contribution in [0.2, 0.25) is 10.0 Å². The number of halogens is 2. The van der Waals surface area contributed by atoms with Crippen molar-refractivity contribution >= 4 is 41.1 Å². The lowest BCUT2D eigenvalue weighted by molar-refractivity contribution is -0.134. The molecule has 0 spiro atoms. The lowest BCUT2D eigenvalue weighted by atomic mass is 9.93. The molecular weight excluding hydrogens is 383 g/mol. The van der Waals surface area contributed by atoms with Crippen LogP contribution in [0.4, 0.5) is 0 Å². The SMILES string of the molecule is CC(=O)N1C=Cc2ccccc2C1CC(=O)N(C)Cc1ccc(Cl)cc1Cl. The fraction of sp³-hybridized carbons (Fsp3) is 0.238. The minimum Gasteiger partial charge on any atom is -0.341 e. The molecule has 0 bridgehead atoms. The first-order valence-electron chi connectivity index (χ1n) is 8.60. The van der Waals surface area contributed by atoms with E-state index in [9.17, 15) is 9.59 Å². The molecule has 0 fully saturated rings. The van der Waals surface area contributed by atoms with Gasteiger partial charge in [0.2, 0.25) is 11.8 Å². The monoisotopic (exact) mass is 402 g/mol. The molecular formula is C21H20Cl2N2O2. The van der Waals surface area contributed by atoms with Crippen molar-refractivity contribution < 1.29 is 9.59 Å². The summed E-state index contributed by atoms with van der Waals surface area (Å²) < 4.78 is 0. The average molecular weight is 403 g/mol. The van der Waals surface area contributed by atoms with Gasteiger partial charge in [0, 0.05) is 36.8 Å². The molecule has 0 saturated carbocycles. The molecule has 2 aromatic rings. The van der Waals surface area contributed by atoms with Crippen LogP contribution < -0.4 is 0 Å². The van der Waals surface area contributed by atoms with Crippen LogP contribution >= 0.6 is 23.2 Å². The molecule has 1 unspecified atom stereocenters. The molecule has 1 aliphatic rings. The second kappa shape index (κ2) is 8.15. The highest BCUT2D eigenvalue weighted by molar-refractivity contribution is 6.35. The van der Waals surface area contributed by atoms with Gasteiger partial charge in [-0.05, 0) is 34.9 Å². The zero-order valence-electron chi connectivity index (χ0n) is 15.2. The highest BCUT2D eigenvalue weighted by atomic mass is 35.5. The van der Waals surface area contributed by atoms with E-state index in [2.05, 4.69) is 0 Å². The Kier molecular flexibility index (Phi) is 5.88. The van der Waals surface area contributed by atoms with Crippen molar-refractivity contribution in [3.8, 4) is 0 Å². The molecule has 2 aromatic carbocycles. The third-order valence-corrected chi connectivity index (χ3v) is 5.27. The first-order chi connectivity index (χ1) is 12.9. The Hall–Kier alpha value is -2.30. The van der Waals surface area contributed by atoms with Gasteiger partial charge < -0.3 is 9.80 Å². The number of amides is 2. The highest BCUT2D eigenvalue weighted by Crippen LogP contribution is 2.33. The fourth-order valence-electron chi connectivity index (χ4n) is 3.23. The predicted octanol–water partition coefficient (Wildman–Crippen LogP) is 4.92. The second-order valence-corrected chi connectivity index (χ2v) is 7.42. The van der Waals surface area contributed by atoms with Crippen molar-refractivity contribution in [3.63, 3.8) is 0 Å². The van der Waals surface area contributed by atoms with E-state index in [0.717, 1.165) is 16.7 Å². The number of rotatable bonds is 4. The molecule has 1 heterocycles. The normalized spacial score (nSPS) is 15.4. The Bertz CT molecular complexity index is 911. The lowest BCUT2D eigenvalue weighted by Crippen LogP contribution is -2.35. The summed E-state index contributed by atoms with van der Waals surface area (Å²) in [5.74, 6) is -0.163. The largest absolute Gasteiger partial charge is 0.341 e. The number of hydrogen-bond acceptors (Lipinski definition) is 2. The van der Waals surface area contributed by atoms with Crippen molar-refractivity contribution in [2.75, 3.05) is 7.05 Å². The third-order valence-electron chi connectivity index (χ3n) is 4.69. The Morgan fingerprint density at radius 1 is 1.15 bits per heavy atom. The van der Waals surface area contributed by atoms with Crippen molar-refractivity contribution in [3.05, 3.63) is 75.4 Å². The topological polar surface area (TPSA) is 40.6 Å². The van der Waals surface area contributed by atoms with E-state index < -0.39 is 0 Å². The van der Waals surface area contributed by atoms with Crippen LogP contribution in [0, 0.1) is 0 Å². The molecule has 4 nitrogen and oxygen atoms in total. The van der Waals surface area contributed by atoms with Crippen LogP contribution in [0.5, 0.6) is 0 Å². The van der Waals surface area contributed by atoms with Crippen molar-refractivity contribution in [2.24, 2.45) is 0 Å². The van der Waals surface area contributed by atoms with Gasteiger partial charge in [-0.15, -0.1) is 0 Å². The van der Waals surface area contributed by atoms with E-state index >= 15 is 0 Å². The van der Waals surface area contributed by atoms with E-state index in [1.807, 2.05) is 36.4 Å². The van der Waals surface area contributed by atoms with Gasteiger partial charge in [-0.1, -0.05) is 53.5 Å². The molecule has 1 atom stereocenters. The van der Waals surface area contributed by atoms with Gasteiger partial charge in [0.15, 0.2) is 0 Å². The van der Waals surface area contributed by atoms with E-state index in [4.69, 9.17) is 23.2 Å². The van der Waals surface area contributed by atoms with Gasteiger partial charge in [0.25, 0.3) is 0 Å². The van der Waals surface area contributed by atoms with E-state index in [-0.39, 0.29) is 24.3 Å². The zero-order chi connectivity index (χ0) is 19.6. The minimum absolute atomic E-state index is 0.0673. The smallest absolute Gasteiger partial charge is 0.225 e. The molecule has 3 rings (SSSR count). The minimum atomic E-state index is -0.320. The van der Waals surface area contributed by atoms with Gasteiger partial charge in [-0.25, -0.2) is 0 Å². The van der Waals surface area contributed by atoms with E-state index in [0.29, 0.717) is 16.6 Å². The summed E-state index contributed by atoms with van der Waals surface area (Å²) in [6.45, 7) is 1.88. The van der Waals surface area contributed by atoms with Gasteiger partial charge >= 0.3 is 0 Å². The summed E-state index contributed by atoms with van der Waals surface area (Å²) >= 11 is 12.1. The Labute approximate surface area is 169 Å². The maximum Gasteiger partial charge on any atom is 0.225 e. The van der Waals surface area contributed by atoms with Crippen molar-refractivity contribution in [2.45, 2.75) is 25.9 Å². The molecule has 2 amide bonds. The Morgan fingerprint density at radius 3 is 2.59 bits per heavy atom. The summed E-state index contributed by atoms with van der Waals surface area (Å²) in [6.07, 6.45) is 3.84. The Morgan fingerprint density at radius 2 is 1.89 bits per heavy atom. The summed E-state index contributed by atoms with van der Waals surface area (Å²) in [7, 11) is 1.73. The third kappa shape index (κ3) is 4.34. The molecule has 0 saturated heterocycles. The maximum atomic E-state index is 12.9. The first kappa shape index (κ1) is 19.5. The molecule has 0 aliphatic carbocycles. The van der Waals surface area contributed by atoms with E-state index in [1.54, 1.807) is 35.2 Å². The molecule has 140 valence electrons. The van der Waals surface area contributed by atoms with Crippen LogP contribution in [-0.2, 0) is 16.1 Å². The standard InChI is InChI=1S/C21H20Cl2N2O2/c1-14(26)25-10-9-15-5-3-4-6-18(15)20(25)12-21(27)24(2)13-16-7-8-17(22)11-19(16)23/h3-11,20H,12-13H2,1-2H3. The summed E-state index contributed by atoms with van der Waals surface area (Å²) in [6, 6.07) is 12.7. The zero-order valence-corrected chi connectivity index (χ0v) is 16.7. The number of benzene rings is 2. The highest BCUT2D eigenvalue weighted by Gasteiger charge is 2.29. The summed E-state index contributed by atoms with van der Waals surface area (Å²) in [4.78, 5) is 28.2. The van der Waals surface area contributed by atoms with Gasteiger partial charge in [-0.2, -0.15) is 0 Å². The fourth-order valence-corrected chi connectivity index (χ4v) is 3.70. The van der Waals surface area contributed by atoms with Crippen LogP contribution in [0.25, 0.3) is 6.08 Å². The second-order valence-electron chi connectivity index (χ2n) is 6.58. The molecule has 0 N–H and O–H groups in total. The van der Waals surface area contributed by atoms with Crippen LogP contribution in [-0.4, -0.2) is 28.7 Å². The number of carbonyl (C=O) groups excluding carboxylic acids is 2. The molecule has 27 heavy (non-hydrogen) atoms. The van der Waals surface area contributed by atoms with Crippen LogP contribution in [0.1, 0.15) is 36.1 Å². The Balaban J connectivity index is 1.78. The predicted molar refractivity (Wildman–Crippen MR) is 108 cm³/mol. The van der Waals surface area contributed by atoms with Crippen LogP contribution in [0.3, 0.4) is 0 Å². The van der Waals surface area contributed by atoms with Crippen LogP contribution in [0.15, 0.2) is 48.7 Å². The first-order valence-corrected chi connectivity index (χ1v) is 9.36. The quantitative estimate of drug-likeness (QED) is 0.728. The van der Waals surface area contributed by atoms with Gasteiger partial charge in [0.1, 0.15) is 0 Å². The summed E-state index contributed by atoms with van der Waals surface area (Å²) in [5, 5.41) is 1.08. The molecule has 1 aliphatic heterocycles. The van der Waals surface area contributed by atoms with Gasteiger partial charge in [-0.3, -0.25) is 9.59 Å². The van der Waals surface area contributed by atoms with E-state index in [1.165, 1.54) is 6.92 Å². The lowest BCUT2D eigenvalue weighted by Gasteiger charge is -2.33. The number of carbonyl (C=O) groups is 2. The number of nitrogens with zero attached hydrogens (tertiary/aromatic N) is 2.